The summed E-state index contributed by atoms with van der Waals surface area (Å²) in [5.74, 6) is 0. The molecule has 3 rings (SSSR count). The minimum Gasteiger partial charge on any atom is -0.446 e. The molecular weight excluding hydrogens is 304 g/mol. The van der Waals surface area contributed by atoms with Crippen LogP contribution in [0.25, 0.3) is 0 Å². The molecule has 2 aliphatic heterocycles. The van der Waals surface area contributed by atoms with Gasteiger partial charge in [-0.3, -0.25) is 0 Å². The molecule has 2 fully saturated rings. The van der Waals surface area contributed by atoms with Crippen molar-refractivity contribution in [3.05, 3.63) is 36.4 Å². The highest BCUT2D eigenvalue weighted by Crippen LogP contribution is 2.23. The van der Waals surface area contributed by atoms with Gasteiger partial charge in [-0.05, 0) is 33.2 Å². The summed E-state index contributed by atoms with van der Waals surface area (Å²) in [5.41, 5.74) is -0.778. The summed E-state index contributed by atoms with van der Waals surface area (Å²) in [7, 11) is 0. The maximum atomic E-state index is 12.0. The quantitative estimate of drug-likeness (QED) is 0.892. The lowest BCUT2D eigenvalue weighted by Crippen LogP contribution is -2.53. The van der Waals surface area contributed by atoms with E-state index < -0.39 is 5.60 Å². The van der Waals surface area contributed by atoms with E-state index in [-0.39, 0.29) is 18.2 Å². The van der Waals surface area contributed by atoms with Gasteiger partial charge in [0.05, 0.1) is 5.60 Å². The molecule has 5 nitrogen and oxygen atoms in total. The lowest BCUT2D eigenvalue weighted by molar-refractivity contribution is -0.0334. The Hall–Kier alpha value is -1.59. The van der Waals surface area contributed by atoms with Crippen LogP contribution in [0.2, 0.25) is 0 Å². The average molecular weight is 334 g/mol. The van der Waals surface area contributed by atoms with Gasteiger partial charge in [-0.2, -0.15) is 0 Å². The Kier molecular flexibility index (Phi) is 7.06. The van der Waals surface area contributed by atoms with Gasteiger partial charge in [0, 0.05) is 32.0 Å². The van der Waals surface area contributed by atoms with E-state index in [0.29, 0.717) is 6.42 Å². The largest absolute Gasteiger partial charge is 0.446 e. The Morgan fingerprint density at radius 1 is 1.21 bits per heavy atom. The SMILES string of the molecule is CC(C)(O)CC1CCN(C2CCCNC2)C(=O)O1.c1ccccc1. The van der Waals surface area contributed by atoms with Crippen molar-refractivity contribution in [2.45, 2.75) is 57.3 Å². The van der Waals surface area contributed by atoms with Crippen LogP contribution in [0.4, 0.5) is 4.79 Å². The van der Waals surface area contributed by atoms with Crippen molar-refractivity contribution >= 4 is 6.09 Å². The molecule has 2 unspecified atom stereocenters. The maximum absolute atomic E-state index is 12.0. The first-order chi connectivity index (χ1) is 11.5. The molecule has 1 aromatic rings. The minimum absolute atomic E-state index is 0.148. The van der Waals surface area contributed by atoms with Gasteiger partial charge in [-0.1, -0.05) is 36.4 Å². The monoisotopic (exact) mass is 334 g/mol. The van der Waals surface area contributed by atoms with Crippen LogP contribution in [0.3, 0.4) is 0 Å². The molecule has 0 spiro atoms. The fourth-order valence-electron chi connectivity index (χ4n) is 3.16. The number of rotatable bonds is 3. The van der Waals surface area contributed by atoms with Crippen molar-refractivity contribution in [3.63, 3.8) is 0 Å². The molecule has 1 amide bonds. The molecular formula is C19H30N2O3. The molecule has 2 heterocycles. The molecule has 2 saturated heterocycles. The first kappa shape index (κ1) is 18.7. The van der Waals surface area contributed by atoms with E-state index >= 15 is 0 Å². The fourth-order valence-corrected chi connectivity index (χ4v) is 3.16. The van der Waals surface area contributed by atoms with Crippen LogP contribution in [-0.4, -0.2) is 53.5 Å². The van der Waals surface area contributed by atoms with Gasteiger partial charge in [0.2, 0.25) is 0 Å². The summed E-state index contributed by atoms with van der Waals surface area (Å²) in [6.45, 7) is 6.15. The molecule has 134 valence electrons. The molecule has 5 heteroatoms. The second-order valence-corrected chi connectivity index (χ2v) is 7.16. The van der Waals surface area contributed by atoms with Crippen LogP contribution in [0.5, 0.6) is 0 Å². The van der Waals surface area contributed by atoms with E-state index in [1.54, 1.807) is 13.8 Å². The average Bonchev–Trinajstić information content (AvgIpc) is 2.56. The van der Waals surface area contributed by atoms with Gasteiger partial charge >= 0.3 is 6.09 Å². The number of amides is 1. The van der Waals surface area contributed by atoms with Crippen LogP contribution < -0.4 is 5.32 Å². The highest BCUT2D eigenvalue weighted by Gasteiger charge is 2.34. The predicted molar refractivity (Wildman–Crippen MR) is 94.8 cm³/mol. The van der Waals surface area contributed by atoms with Crippen molar-refractivity contribution in [1.29, 1.82) is 0 Å². The van der Waals surface area contributed by atoms with Gasteiger partial charge in [0.25, 0.3) is 0 Å². The molecule has 0 bridgehead atoms. The van der Waals surface area contributed by atoms with E-state index in [2.05, 4.69) is 5.32 Å². The Morgan fingerprint density at radius 3 is 2.29 bits per heavy atom. The molecule has 0 saturated carbocycles. The zero-order valence-corrected chi connectivity index (χ0v) is 14.8. The summed E-state index contributed by atoms with van der Waals surface area (Å²) in [5, 5.41) is 13.1. The van der Waals surface area contributed by atoms with Crippen LogP contribution >= 0.6 is 0 Å². The number of ether oxygens (including phenoxy) is 1. The van der Waals surface area contributed by atoms with E-state index in [4.69, 9.17) is 4.74 Å². The maximum Gasteiger partial charge on any atom is 0.410 e. The van der Waals surface area contributed by atoms with Gasteiger partial charge in [-0.15, -0.1) is 0 Å². The Morgan fingerprint density at radius 2 is 1.83 bits per heavy atom. The number of cyclic esters (lactones) is 1. The second-order valence-electron chi connectivity index (χ2n) is 7.16. The number of nitrogens with zero attached hydrogens (tertiary/aromatic N) is 1. The Balaban J connectivity index is 0.000000292. The topological polar surface area (TPSA) is 61.8 Å². The van der Waals surface area contributed by atoms with Gasteiger partial charge in [-0.25, -0.2) is 4.79 Å². The van der Waals surface area contributed by atoms with Crippen LogP contribution in [0.15, 0.2) is 36.4 Å². The fraction of sp³-hybridized carbons (Fsp3) is 0.632. The number of aliphatic hydroxyl groups is 1. The number of carbonyl (C=O) groups is 1. The Labute approximate surface area is 145 Å². The smallest absolute Gasteiger partial charge is 0.410 e. The Bertz CT molecular complexity index is 454. The highest BCUT2D eigenvalue weighted by atomic mass is 16.6. The standard InChI is InChI=1S/C13H24N2O3.C6H6/c1-13(2,17)8-11-5-7-15(12(16)18-11)10-4-3-6-14-9-10;1-2-4-6-5-3-1/h10-11,14,17H,3-9H2,1-2H3;1-6H. The molecule has 2 aliphatic rings. The third-order valence-corrected chi connectivity index (χ3v) is 4.30. The molecule has 1 aromatic carbocycles. The zero-order chi connectivity index (χ0) is 17.4. The van der Waals surface area contributed by atoms with Crippen molar-refractivity contribution in [1.82, 2.24) is 10.2 Å². The first-order valence-corrected chi connectivity index (χ1v) is 8.86. The molecule has 0 aliphatic carbocycles. The van der Waals surface area contributed by atoms with E-state index in [0.717, 1.165) is 38.9 Å². The van der Waals surface area contributed by atoms with Gasteiger partial charge < -0.3 is 20.1 Å². The lowest BCUT2D eigenvalue weighted by Gasteiger charge is -2.39. The van der Waals surface area contributed by atoms with Gasteiger partial charge in [0.15, 0.2) is 0 Å². The molecule has 2 N–H and O–H groups in total. The van der Waals surface area contributed by atoms with Crippen molar-refractivity contribution in [2.24, 2.45) is 0 Å². The number of nitrogens with one attached hydrogen (secondary N) is 1. The van der Waals surface area contributed by atoms with Crippen LogP contribution in [0, 0.1) is 0 Å². The summed E-state index contributed by atoms with van der Waals surface area (Å²) < 4.78 is 5.43. The normalized spacial score (nSPS) is 24.6. The van der Waals surface area contributed by atoms with Crippen LogP contribution in [-0.2, 0) is 4.74 Å². The van der Waals surface area contributed by atoms with Gasteiger partial charge in [0.1, 0.15) is 6.10 Å². The minimum atomic E-state index is -0.778. The summed E-state index contributed by atoms with van der Waals surface area (Å²) in [6, 6.07) is 12.3. The lowest BCUT2D eigenvalue weighted by atomic mass is 9.97. The first-order valence-electron chi connectivity index (χ1n) is 8.86. The van der Waals surface area contributed by atoms with Crippen molar-refractivity contribution in [3.8, 4) is 0 Å². The molecule has 2 atom stereocenters. The summed E-state index contributed by atoms with van der Waals surface area (Å²) in [4.78, 5) is 13.8. The second kappa shape index (κ2) is 9.04. The molecule has 24 heavy (non-hydrogen) atoms. The van der Waals surface area contributed by atoms with E-state index in [9.17, 15) is 9.90 Å². The predicted octanol–water partition coefficient (Wildman–Crippen LogP) is 2.80. The van der Waals surface area contributed by atoms with Crippen molar-refractivity contribution < 1.29 is 14.6 Å². The summed E-state index contributed by atoms with van der Waals surface area (Å²) in [6.07, 6.45) is 3.12. The number of carbonyl (C=O) groups excluding carboxylic acids is 1. The highest BCUT2D eigenvalue weighted by molar-refractivity contribution is 5.69. The summed E-state index contributed by atoms with van der Waals surface area (Å²) >= 11 is 0. The van der Waals surface area contributed by atoms with Crippen molar-refractivity contribution in [2.75, 3.05) is 19.6 Å². The number of benzene rings is 1. The van der Waals surface area contributed by atoms with E-state index in [1.165, 1.54) is 0 Å². The van der Waals surface area contributed by atoms with Crippen LogP contribution in [0.1, 0.15) is 39.5 Å². The number of hydrogen-bond acceptors (Lipinski definition) is 4. The molecule has 0 aromatic heterocycles. The number of piperidine rings is 1. The molecule has 0 radical (unpaired) electrons. The zero-order valence-electron chi connectivity index (χ0n) is 14.8. The third-order valence-electron chi connectivity index (χ3n) is 4.30. The number of hydrogen-bond donors (Lipinski definition) is 2. The third kappa shape index (κ3) is 6.49. The van der Waals surface area contributed by atoms with E-state index in [1.807, 2.05) is 41.3 Å².